The number of nitrogen functional groups attached to an aromatic ring is 1. The normalized spacial score (nSPS) is 12.4. The lowest BCUT2D eigenvalue weighted by Gasteiger charge is -2.19. The number of aromatic nitrogens is 2. The number of nitrogens with zero attached hydrogens (tertiary/aromatic N) is 2. The molecule has 5 N–H and O–H groups in total. The number of nitrogens with one attached hydrogen (secondary N) is 1. The highest BCUT2D eigenvalue weighted by molar-refractivity contribution is 5.48. The zero-order valence-corrected chi connectivity index (χ0v) is 9.89. The van der Waals surface area contributed by atoms with Crippen LogP contribution in [0, 0.1) is 12.7 Å². The Hall–Kier alpha value is -2.05. The number of pyridine rings is 2. The number of nitrogens with two attached hydrogens (primary N) is 2. The monoisotopic (exact) mass is 247 g/mol. The van der Waals surface area contributed by atoms with Gasteiger partial charge in [-0.2, -0.15) is 0 Å². The van der Waals surface area contributed by atoms with E-state index < -0.39 is 11.9 Å². The summed E-state index contributed by atoms with van der Waals surface area (Å²) in [7, 11) is 0. The van der Waals surface area contributed by atoms with Crippen molar-refractivity contribution < 1.29 is 4.39 Å². The molecule has 0 amide bonds. The van der Waals surface area contributed by atoms with Crippen molar-refractivity contribution in [3.05, 3.63) is 53.2 Å². The van der Waals surface area contributed by atoms with Gasteiger partial charge in [-0.3, -0.25) is 10.8 Å². The van der Waals surface area contributed by atoms with E-state index in [9.17, 15) is 4.39 Å². The lowest BCUT2D eigenvalue weighted by Crippen LogP contribution is -2.31. The minimum Gasteiger partial charge on any atom is -0.383 e. The topological polar surface area (TPSA) is 89.8 Å². The van der Waals surface area contributed by atoms with Crippen molar-refractivity contribution in [3.8, 4) is 0 Å². The summed E-state index contributed by atoms with van der Waals surface area (Å²) in [5, 5.41) is 0. The van der Waals surface area contributed by atoms with Crippen LogP contribution in [0.2, 0.25) is 0 Å². The van der Waals surface area contributed by atoms with Gasteiger partial charge in [-0.25, -0.2) is 14.8 Å². The molecule has 0 radical (unpaired) electrons. The molecule has 0 spiro atoms. The van der Waals surface area contributed by atoms with Crippen LogP contribution in [0.3, 0.4) is 0 Å². The molecule has 1 atom stereocenters. The van der Waals surface area contributed by atoms with Crippen molar-refractivity contribution >= 4 is 5.82 Å². The fourth-order valence-corrected chi connectivity index (χ4v) is 1.88. The summed E-state index contributed by atoms with van der Waals surface area (Å²) in [5.74, 6) is 5.37. The van der Waals surface area contributed by atoms with E-state index >= 15 is 0 Å². The first-order valence-electron chi connectivity index (χ1n) is 5.42. The first-order chi connectivity index (χ1) is 8.65. The molecular formula is C12H14FN5. The minimum absolute atomic E-state index is 0.197. The standard InChI is InChI=1S/C12H14FN5/c1-7-4-6-17-12(14)9(7)11(18-15)10-8(13)3-2-5-16-10/h2-6,11,18H,15H2,1H3,(H2,14,17). The van der Waals surface area contributed by atoms with E-state index in [-0.39, 0.29) is 5.69 Å². The van der Waals surface area contributed by atoms with Crippen molar-refractivity contribution in [1.29, 1.82) is 0 Å². The fraction of sp³-hybridized carbons (Fsp3) is 0.167. The van der Waals surface area contributed by atoms with Crippen LogP contribution < -0.4 is 17.0 Å². The van der Waals surface area contributed by atoms with E-state index in [4.69, 9.17) is 11.6 Å². The van der Waals surface area contributed by atoms with Crippen LogP contribution in [0.4, 0.5) is 10.2 Å². The van der Waals surface area contributed by atoms with Crippen molar-refractivity contribution in [3.63, 3.8) is 0 Å². The average Bonchev–Trinajstić information content (AvgIpc) is 2.35. The van der Waals surface area contributed by atoms with E-state index in [1.54, 1.807) is 12.3 Å². The third kappa shape index (κ3) is 2.15. The average molecular weight is 247 g/mol. The summed E-state index contributed by atoms with van der Waals surface area (Å²) in [6.45, 7) is 1.86. The molecule has 2 rings (SSSR count). The SMILES string of the molecule is Cc1ccnc(N)c1C(NN)c1ncccc1F. The third-order valence-electron chi connectivity index (χ3n) is 2.75. The van der Waals surface area contributed by atoms with E-state index in [1.807, 2.05) is 6.92 Å². The van der Waals surface area contributed by atoms with Crippen molar-refractivity contribution in [2.75, 3.05) is 5.73 Å². The zero-order valence-electron chi connectivity index (χ0n) is 9.89. The number of halogens is 1. The molecule has 2 heterocycles. The molecule has 0 fully saturated rings. The smallest absolute Gasteiger partial charge is 0.146 e. The quantitative estimate of drug-likeness (QED) is 0.557. The molecule has 94 valence electrons. The van der Waals surface area contributed by atoms with Gasteiger partial charge in [0, 0.05) is 18.0 Å². The highest BCUT2D eigenvalue weighted by atomic mass is 19.1. The molecule has 1 unspecified atom stereocenters. The van der Waals surface area contributed by atoms with Crippen LogP contribution in [-0.2, 0) is 0 Å². The fourth-order valence-electron chi connectivity index (χ4n) is 1.88. The second-order valence-electron chi connectivity index (χ2n) is 3.90. The second kappa shape index (κ2) is 5.07. The number of anilines is 1. The van der Waals surface area contributed by atoms with Gasteiger partial charge in [-0.15, -0.1) is 0 Å². The van der Waals surface area contributed by atoms with Gasteiger partial charge in [-0.1, -0.05) is 0 Å². The molecule has 6 heteroatoms. The molecule has 0 bridgehead atoms. The van der Waals surface area contributed by atoms with Crippen LogP contribution >= 0.6 is 0 Å². The number of hydrogen-bond acceptors (Lipinski definition) is 5. The molecule has 18 heavy (non-hydrogen) atoms. The third-order valence-corrected chi connectivity index (χ3v) is 2.75. The Kier molecular flexibility index (Phi) is 3.50. The highest BCUT2D eigenvalue weighted by Crippen LogP contribution is 2.27. The van der Waals surface area contributed by atoms with E-state index in [0.29, 0.717) is 11.4 Å². The molecule has 0 saturated heterocycles. The second-order valence-corrected chi connectivity index (χ2v) is 3.90. The van der Waals surface area contributed by atoms with Crippen LogP contribution in [-0.4, -0.2) is 9.97 Å². The Morgan fingerprint density at radius 1 is 1.28 bits per heavy atom. The van der Waals surface area contributed by atoms with Gasteiger partial charge < -0.3 is 5.73 Å². The maximum atomic E-state index is 13.8. The Morgan fingerprint density at radius 2 is 2.06 bits per heavy atom. The lowest BCUT2D eigenvalue weighted by atomic mass is 9.99. The summed E-state index contributed by atoms with van der Waals surface area (Å²) < 4.78 is 13.8. The van der Waals surface area contributed by atoms with Crippen LogP contribution in [0.5, 0.6) is 0 Å². The van der Waals surface area contributed by atoms with E-state index in [1.165, 1.54) is 18.3 Å². The maximum absolute atomic E-state index is 13.8. The Morgan fingerprint density at radius 3 is 2.67 bits per heavy atom. The molecule has 0 aliphatic carbocycles. The van der Waals surface area contributed by atoms with Gasteiger partial charge >= 0.3 is 0 Å². The first kappa shape index (κ1) is 12.4. The summed E-state index contributed by atoms with van der Waals surface area (Å²) in [6, 6.07) is 4.01. The Bertz CT molecular complexity index is 538. The molecule has 0 aliphatic heterocycles. The number of hydrogen-bond donors (Lipinski definition) is 3. The summed E-state index contributed by atoms with van der Waals surface area (Å²) >= 11 is 0. The number of rotatable bonds is 3. The van der Waals surface area contributed by atoms with Gasteiger partial charge in [0.15, 0.2) is 0 Å². The summed E-state index contributed by atoms with van der Waals surface area (Å²) in [5.41, 5.74) is 10.1. The van der Waals surface area contributed by atoms with Gasteiger partial charge in [0.2, 0.25) is 0 Å². The molecule has 0 saturated carbocycles. The van der Waals surface area contributed by atoms with E-state index in [0.717, 1.165) is 5.56 Å². The molecule has 5 nitrogen and oxygen atoms in total. The van der Waals surface area contributed by atoms with Crippen molar-refractivity contribution in [1.82, 2.24) is 15.4 Å². The molecule has 0 aromatic carbocycles. The molecule has 0 aliphatic rings. The summed E-state index contributed by atoms with van der Waals surface area (Å²) in [4.78, 5) is 8.00. The van der Waals surface area contributed by atoms with Gasteiger partial charge in [-0.05, 0) is 30.7 Å². The predicted octanol–water partition coefficient (Wildman–Crippen LogP) is 1.06. The van der Waals surface area contributed by atoms with Crippen molar-refractivity contribution in [2.45, 2.75) is 13.0 Å². The Labute approximate surface area is 104 Å². The van der Waals surface area contributed by atoms with Gasteiger partial charge in [0.1, 0.15) is 11.6 Å². The summed E-state index contributed by atoms with van der Waals surface area (Å²) in [6.07, 6.45) is 3.10. The number of aryl methyl sites for hydroxylation is 1. The van der Waals surface area contributed by atoms with Gasteiger partial charge in [0.05, 0.1) is 11.7 Å². The van der Waals surface area contributed by atoms with Crippen LogP contribution in [0.15, 0.2) is 30.6 Å². The predicted molar refractivity (Wildman–Crippen MR) is 66.7 cm³/mol. The van der Waals surface area contributed by atoms with Crippen LogP contribution in [0.1, 0.15) is 22.9 Å². The largest absolute Gasteiger partial charge is 0.383 e. The minimum atomic E-state index is -0.625. The molecule has 2 aromatic heterocycles. The lowest BCUT2D eigenvalue weighted by molar-refractivity contribution is 0.542. The molecular weight excluding hydrogens is 233 g/mol. The molecule has 2 aromatic rings. The van der Waals surface area contributed by atoms with E-state index in [2.05, 4.69) is 15.4 Å². The van der Waals surface area contributed by atoms with Crippen LogP contribution in [0.25, 0.3) is 0 Å². The highest BCUT2D eigenvalue weighted by Gasteiger charge is 2.22. The van der Waals surface area contributed by atoms with Gasteiger partial charge in [0.25, 0.3) is 0 Å². The Balaban J connectivity index is 2.56. The maximum Gasteiger partial charge on any atom is 0.146 e. The first-order valence-corrected chi connectivity index (χ1v) is 5.42. The number of hydrazine groups is 1. The van der Waals surface area contributed by atoms with Crippen molar-refractivity contribution in [2.24, 2.45) is 5.84 Å². The zero-order chi connectivity index (χ0) is 13.1.